The molecule has 5 heteroatoms. The van der Waals surface area contributed by atoms with Gasteiger partial charge in [0.25, 0.3) is 0 Å². The van der Waals surface area contributed by atoms with Gasteiger partial charge in [0.2, 0.25) is 0 Å². The number of alkyl halides is 1. The molecule has 2 aromatic rings. The average Bonchev–Trinajstić information content (AvgIpc) is 2.39. The van der Waals surface area contributed by atoms with E-state index in [-0.39, 0.29) is 24.1 Å². The predicted molar refractivity (Wildman–Crippen MR) is 74.4 cm³/mol. The molecule has 0 bridgehead atoms. The highest BCUT2D eigenvalue weighted by molar-refractivity contribution is 9.10. The Morgan fingerprint density at radius 3 is 2.37 bits per heavy atom. The lowest BCUT2D eigenvalue weighted by molar-refractivity contribution is 0.302. The molecule has 0 atom stereocenters. The van der Waals surface area contributed by atoms with Crippen LogP contribution in [0.15, 0.2) is 40.9 Å². The van der Waals surface area contributed by atoms with Gasteiger partial charge >= 0.3 is 0 Å². The summed E-state index contributed by atoms with van der Waals surface area (Å²) in [5.74, 6) is 0.00922. The quantitative estimate of drug-likeness (QED) is 0.704. The van der Waals surface area contributed by atoms with Crippen LogP contribution in [0.1, 0.15) is 11.1 Å². The van der Waals surface area contributed by atoms with Crippen LogP contribution >= 0.6 is 27.5 Å². The number of ether oxygens (including phenoxy) is 1. The summed E-state index contributed by atoms with van der Waals surface area (Å²) >= 11 is 8.99. The second kappa shape index (κ2) is 6.35. The fraction of sp³-hybridized carbons (Fsp3) is 0.143. The van der Waals surface area contributed by atoms with Crippen molar-refractivity contribution in [3.63, 3.8) is 0 Å². The molecule has 19 heavy (non-hydrogen) atoms. The van der Waals surface area contributed by atoms with E-state index in [0.717, 1.165) is 5.56 Å². The van der Waals surface area contributed by atoms with Gasteiger partial charge in [0.15, 0.2) is 0 Å². The lowest BCUT2D eigenvalue weighted by Gasteiger charge is -2.11. The Bertz CT molecular complexity index is 590. The summed E-state index contributed by atoms with van der Waals surface area (Å²) in [6, 6.07) is 8.53. The molecule has 2 rings (SSSR count). The molecule has 0 spiro atoms. The lowest BCUT2D eigenvalue weighted by Crippen LogP contribution is -1.99. The van der Waals surface area contributed by atoms with Gasteiger partial charge in [-0.05, 0) is 30.3 Å². The van der Waals surface area contributed by atoms with Crippen LogP contribution in [0.5, 0.6) is 5.75 Å². The maximum atomic E-state index is 13.0. The van der Waals surface area contributed by atoms with E-state index in [4.69, 9.17) is 16.3 Å². The molecule has 0 saturated carbocycles. The summed E-state index contributed by atoms with van der Waals surface area (Å²) in [4.78, 5) is 0. The fourth-order valence-electron chi connectivity index (χ4n) is 1.59. The molecule has 0 aliphatic heterocycles. The highest BCUT2D eigenvalue weighted by Gasteiger charge is 2.07. The molecule has 0 aliphatic carbocycles. The smallest absolute Gasteiger partial charge is 0.124 e. The Hall–Kier alpha value is -1.13. The van der Waals surface area contributed by atoms with Gasteiger partial charge < -0.3 is 4.74 Å². The third kappa shape index (κ3) is 3.67. The second-order valence-electron chi connectivity index (χ2n) is 3.91. The van der Waals surface area contributed by atoms with E-state index in [1.807, 2.05) is 0 Å². The predicted octanol–water partition coefficient (Wildman–Crippen LogP) is 5.05. The maximum absolute atomic E-state index is 13.0. The molecule has 0 unspecified atom stereocenters. The second-order valence-corrected chi connectivity index (χ2v) is 5.03. The van der Waals surface area contributed by atoms with Gasteiger partial charge in [-0.2, -0.15) is 0 Å². The first-order valence-corrected chi connectivity index (χ1v) is 6.84. The van der Waals surface area contributed by atoms with Crippen LogP contribution in [0, 0.1) is 11.6 Å². The lowest BCUT2D eigenvalue weighted by atomic mass is 10.2. The Morgan fingerprint density at radius 1 is 1.00 bits per heavy atom. The number of hydrogen-bond donors (Lipinski definition) is 0. The molecule has 1 nitrogen and oxygen atoms in total. The highest BCUT2D eigenvalue weighted by Crippen LogP contribution is 2.24. The van der Waals surface area contributed by atoms with Gasteiger partial charge in [0, 0.05) is 15.6 Å². The molecule has 0 fully saturated rings. The zero-order valence-corrected chi connectivity index (χ0v) is 12.1. The summed E-state index contributed by atoms with van der Waals surface area (Å²) < 4.78 is 32.2. The van der Waals surface area contributed by atoms with E-state index in [1.54, 1.807) is 6.07 Å². The molecule has 100 valence electrons. The van der Waals surface area contributed by atoms with Crippen molar-refractivity contribution in [2.24, 2.45) is 0 Å². The maximum Gasteiger partial charge on any atom is 0.124 e. The van der Waals surface area contributed by atoms with E-state index in [9.17, 15) is 8.78 Å². The SMILES string of the molecule is Fc1ccc(COc2ccc(F)cc2CCl)c(Br)c1. The van der Waals surface area contributed by atoms with Crippen LogP contribution < -0.4 is 4.74 Å². The summed E-state index contributed by atoms with van der Waals surface area (Å²) in [7, 11) is 0. The Kier molecular flexibility index (Phi) is 4.77. The molecule has 0 saturated heterocycles. The van der Waals surface area contributed by atoms with Crippen molar-refractivity contribution in [1.82, 2.24) is 0 Å². The minimum atomic E-state index is -0.356. The molecule has 0 amide bonds. The van der Waals surface area contributed by atoms with E-state index >= 15 is 0 Å². The molecular weight excluding hydrogens is 338 g/mol. The topological polar surface area (TPSA) is 9.23 Å². The third-order valence-electron chi connectivity index (χ3n) is 2.56. The number of benzene rings is 2. The van der Waals surface area contributed by atoms with Gasteiger partial charge in [-0.3, -0.25) is 0 Å². The first kappa shape index (κ1) is 14.3. The van der Waals surface area contributed by atoms with Crippen LogP contribution in [-0.2, 0) is 12.5 Å². The van der Waals surface area contributed by atoms with Crippen LogP contribution in [0.3, 0.4) is 0 Å². The Morgan fingerprint density at radius 2 is 1.68 bits per heavy atom. The van der Waals surface area contributed by atoms with Gasteiger partial charge in [-0.1, -0.05) is 22.0 Å². The van der Waals surface area contributed by atoms with Crippen molar-refractivity contribution in [1.29, 1.82) is 0 Å². The summed E-state index contributed by atoms with van der Waals surface area (Å²) in [6.45, 7) is 0.246. The average molecular weight is 348 g/mol. The van der Waals surface area contributed by atoms with E-state index in [2.05, 4.69) is 15.9 Å². The summed E-state index contributed by atoms with van der Waals surface area (Å²) in [5, 5.41) is 0. The van der Waals surface area contributed by atoms with E-state index in [1.165, 1.54) is 30.3 Å². The van der Waals surface area contributed by atoms with Crippen LogP contribution in [0.25, 0.3) is 0 Å². The summed E-state index contributed by atoms with van der Waals surface area (Å²) in [6.07, 6.45) is 0. The van der Waals surface area contributed by atoms with Crippen LogP contribution in [0.4, 0.5) is 8.78 Å². The van der Waals surface area contributed by atoms with Crippen molar-refractivity contribution >= 4 is 27.5 Å². The molecular formula is C14H10BrClF2O. The van der Waals surface area contributed by atoms with E-state index < -0.39 is 0 Å². The first-order chi connectivity index (χ1) is 9.10. The first-order valence-electron chi connectivity index (χ1n) is 5.51. The molecule has 0 aliphatic rings. The van der Waals surface area contributed by atoms with Crippen molar-refractivity contribution in [2.45, 2.75) is 12.5 Å². The summed E-state index contributed by atoms with van der Waals surface area (Å²) in [5.41, 5.74) is 1.38. The van der Waals surface area contributed by atoms with Gasteiger partial charge in [-0.15, -0.1) is 11.6 Å². The highest BCUT2D eigenvalue weighted by atomic mass is 79.9. The van der Waals surface area contributed by atoms with Gasteiger partial charge in [-0.25, -0.2) is 8.78 Å². The monoisotopic (exact) mass is 346 g/mol. The van der Waals surface area contributed by atoms with Crippen LogP contribution in [0.2, 0.25) is 0 Å². The largest absolute Gasteiger partial charge is 0.489 e. The Balaban J connectivity index is 2.14. The third-order valence-corrected chi connectivity index (χ3v) is 3.59. The van der Waals surface area contributed by atoms with Crippen molar-refractivity contribution in [3.8, 4) is 5.75 Å². The molecule has 0 N–H and O–H groups in total. The minimum absolute atomic E-state index is 0.164. The molecule has 2 aromatic carbocycles. The zero-order valence-electron chi connectivity index (χ0n) is 9.80. The van der Waals surface area contributed by atoms with Gasteiger partial charge in [0.1, 0.15) is 24.0 Å². The normalized spacial score (nSPS) is 10.5. The van der Waals surface area contributed by atoms with E-state index in [0.29, 0.717) is 15.8 Å². The minimum Gasteiger partial charge on any atom is -0.489 e. The molecule has 0 heterocycles. The fourth-order valence-corrected chi connectivity index (χ4v) is 2.26. The van der Waals surface area contributed by atoms with Crippen molar-refractivity contribution in [3.05, 3.63) is 63.6 Å². The number of rotatable bonds is 4. The van der Waals surface area contributed by atoms with Crippen molar-refractivity contribution < 1.29 is 13.5 Å². The van der Waals surface area contributed by atoms with Gasteiger partial charge in [0.05, 0.1) is 5.88 Å². The van der Waals surface area contributed by atoms with Crippen LogP contribution in [-0.4, -0.2) is 0 Å². The Labute approximate surface area is 123 Å². The zero-order chi connectivity index (χ0) is 13.8. The molecule has 0 radical (unpaired) electrons. The number of hydrogen-bond acceptors (Lipinski definition) is 1. The number of halogens is 4. The standard InChI is InChI=1S/C14H10BrClF2O/c15-13-6-12(18)2-1-9(13)8-19-14-4-3-11(17)5-10(14)7-16/h1-6H,7-8H2. The molecule has 0 aromatic heterocycles. The van der Waals surface area contributed by atoms with Crippen molar-refractivity contribution in [2.75, 3.05) is 0 Å².